The number of ether oxygens (including phenoxy) is 2. The number of carbonyl (C=O) groups is 1. The Balaban J connectivity index is 2.28. The zero-order valence-corrected chi connectivity index (χ0v) is 14.1. The van der Waals surface area contributed by atoms with Crippen molar-refractivity contribution in [3.05, 3.63) is 22.8 Å². The van der Waals surface area contributed by atoms with Crippen LogP contribution in [0.3, 0.4) is 0 Å². The Bertz CT molecular complexity index is 545. The van der Waals surface area contributed by atoms with Gasteiger partial charge in [0.15, 0.2) is 0 Å². The van der Waals surface area contributed by atoms with Crippen molar-refractivity contribution in [1.29, 1.82) is 0 Å². The molecule has 1 atom stereocenters. The largest absolute Gasteiger partial charge is 0.481 e. The van der Waals surface area contributed by atoms with E-state index in [0.29, 0.717) is 24.0 Å². The molecule has 1 aromatic rings. The summed E-state index contributed by atoms with van der Waals surface area (Å²) in [4.78, 5) is 18.2. The molecular weight excluding hydrogens is 306 g/mol. The molecule has 0 aromatic carbocycles. The van der Waals surface area contributed by atoms with E-state index in [0.717, 1.165) is 12.1 Å². The molecule has 122 valence electrons. The van der Waals surface area contributed by atoms with Crippen LogP contribution in [0, 0.1) is 0 Å². The monoisotopic (exact) mass is 327 g/mol. The van der Waals surface area contributed by atoms with Gasteiger partial charge in [-0.25, -0.2) is 9.78 Å². The number of carbonyl (C=O) groups excluding carboxylic acids is 1. The summed E-state index contributed by atoms with van der Waals surface area (Å²) in [5.41, 5.74) is 0.262. The summed E-state index contributed by atoms with van der Waals surface area (Å²) in [7, 11) is 1.55. The van der Waals surface area contributed by atoms with E-state index in [1.165, 1.54) is 6.20 Å². The van der Waals surface area contributed by atoms with Crippen LogP contribution in [0.2, 0.25) is 5.02 Å². The Labute approximate surface area is 135 Å². The first kappa shape index (κ1) is 16.8. The summed E-state index contributed by atoms with van der Waals surface area (Å²) in [6.07, 6.45) is 1.20. The summed E-state index contributed by atoms with van der Waals surface area (Å²) in [6.45, 7) is 7.43. The minimum absolute atomic E-state index is 0.215. The highest BCUT2D eigenvalue weighted by Crippen LogP contribution is 2.31. The van der Waals surface area contributed by atoms with E-state index in [-0.39, 0.29) is 12.1 Å². The number of piperazine rings is 1. The summed E-state index contributed by atoms with van der Waals surface area (Å²) in [5.74, 6) is 0.467. The molecule has 7 heteroatoms. The summed E-state index contributed by atoms with van der Waals surface area (Å²) in [5, 5.41) is 3.78. The van der Waals surface area contributed by atoms with Gasteiger partial charge >= 0.3 is 6.09 Å². The van der Waals surface area contributed by atoms with Crippen molar-refractivity contribution in [2.45, 2.75) is 32.4 Å². The SMILES string of the molecule is COc1cc(C2CNCCN2C(=O)OC(C)(C)C)c(Cl)cn1. The molecule has 0 aliphatic carbocycles. The van der Waals surface area contributed by atoms with Crippen molar-refractivity contribution in [3.8, 4) is 5.88 Å². The van der Waals surface area contributed by atoms with Gasteiger partial charge in [0.1, 0.15) is 5.60 Å². The topological polar surface area (TPSA) is 63.7 Å². The molecule has 1 amide bonds. The number of pyridine rings is 1. The van der Waals surface area contributed by atoms with Gasteiger partial charge in [-0.3, -0.25) is 4.90 Å². The van der Waals surface area contributed by atoms with Gasteiger partial charge in [0, 0.05) is 37.5 Å². The molecule has 1 aliphatic heterocycles. The highest BCUT2D eigenvalue weighted by atomic mass is 35.5. The lowest BCUT2D eigenvalue weighted by molar-refractivity contribution is 0.0118. The zero-order chi connectivity index (χ0) is 16.3. The Morgan fingerprint density at radius 2 is 2.23 bits per heavy atom. The van der Waals surface area contributed by atoms with Crippen LogP contribution in [0.25, 0.3) is 0 Å². The van der Waals surface area contributed by atoms with E-state index in [4.69, 9.17) is 21.1 Å². The molecule has 22 heavy (non-hydrogen) atoms. The zero-order valence-electron chi connectivity index (χ0n) is 13.4. The molecule has 1 aliphatic rings. The van der Waals surface area contributed by atoms with Gasteiger partial charge in [0.05, 0.1) is 18.2 Å². The molecule has 0 saturated carbocycles. The standard InChI is InChI=1S/C15H22ClN3O3/c1-15(2,3)22-14(20)19-6-5-17-9-12(19)10-7-13(21-4)18-8-11(10)16/h7-8,12,17H,5-6,9H2,1-4H3. The third-order valence-electron chi connectivity index (χ3n) is 3.30. The minimum atomic E-state index is -0.535. The second-order valence-corrected chi connectivity index (χ2v) is 6.55. The lowest BCUT2D eigenvalue weighted by atomic mass is 10.0. The lowest BCUT2D eigenvalue weighted by Gasteiger charge is -2.37. The molecule has 1 N–H and O–H groups in total. The van der Waals surface area contributed by atoms with Gasteiger partial charge in [-0.15, -0.1) is 0 Å². The van der Waals surface area contributed by atoms with Crippen LogP contribution in [0.15, 0.2) is 12.3 Å². The fourth-order valence-electron chi connectivity index (χ4n) is 2.32. The van der Waals surface area contributed by atoms with Gasteiger partial charge in [0.25, 0.3) is 0 Å². The second-order valence-electron chi connectivity index (χ2n) is 6.14. The van der Waals surface area contributed by atoms with Crippen molar-refractivity contribution in [2.75, 3.05) is 26.7 Å². The number of amides is 1. The second kappa shape index (κ2) is 6.71. The number of aromatic nitrogens is 1. The Morgan fingerprint density at radius 3 is 2.86 bits per heavy atom. The van der Waals surface area contributed by atoms with E-state index in [1.54, 1.807) is 18.1 Å². The van der Waals surface area contributed by atoms with Crippen LogP contribution in [0.4, 0.5) is 4.79 Å². The van der Waals surface area contributed by atoms with Crippen molar-refractivity contribution < 1.29 is 14.3 Å². The van der Waals surface area contributed by atoms with Crippen LogP contribution in [0.5, 0.6) is 5.88 Å². The fourth-order valence-corrected chi connectivity index (χ4v) is 2.55. The predicted molar refractivity (Wildman–Crippen MR) is 84.3 cm³/mol. The van der Waals surface area contributed by atoms with Crippen molar-refractivity contribution in [2.24, 2.45) is 0 Å². The number of hydrogen-bond acceptors (Lipinski definition) is 5. The first-order valence-electron chi connectivity index (χ1n) is 7.21. The highest BCUT2D eigenvalue weighted by molar-refractivity contribution is 6.31. The first-order valence-corrected chi connectivity index (χ1v) is 7.59. The van der Waals surface area contributed by atoms with Crippen LogP contribution in [0.1, 0.15) is 32.4 Å². The number of rotatable bonds is 2. The highest BCUT2D eigenvalue weighted by Gasteiger charge is 2.32. The number of nitrogens with one attached hydrogen (secondary N) is 1. The number of halogens is 1. The molecule has 2 heterocycles. The van der Waals surface area contributed by atoms with Gasteiger partial charge in [-0.1, -0.05) is 11.6 Å². The molecule has 1 unspecified atom stereocenters. The van der Waals surface area contributed by atoms with Crippen LogP contribution in [-0.2, 0) is 4.74 Å². The van der Waals surface area contributed by atoms with Gasteiger partial charge in [-0.2, -0.15) is 0 Å². The normalized spacial score (nSPS) is 19.0. The fraction of sp³-hybridized carbons (Fsp3) is 0.600. The molecule has 0 bridgehead atoms. The smallest absolute Gasteiger partial charge is 0.410 e. The van der Waals surface area contributed by atoms with E-state index in [9.17, 15) is 4.79 Å². The van der Waals surface area contributed by atoms with Crippen LogP contribution >= 0.6 is 11.6 Å². The molecule has 0 spiro atoms. The summed E-state index contributed by atoms with van der Waals surface area (Å²) < 4.78 is 10.6. The number of methoxy groups -OCH3 is 1. The molecule has 1 fully saturated rings. The van der Waals surface area contributed by atoms with E-state index in [2.05, 4.69) is 10.3 Å². The molecule has 6 nitrogen and oxygen atoms in total. The third-order valence-corrected chi connectivity index (χ3v) is 3.62. The molecular formula is C15H22ClN3O3. The summed E-state index contributed by atoms with van der Waals surface area (Å²) in [6, 6.07) is 1.55. The van der Waals surface area contributed by atoms with E-state index >= 15 is 0 Å². The van der Waals surface area contributed by atoms with E-state index < -0.39 is 5.60 Å². The molecule has 1 saturated heterocycles. The van der Waals surface area contributed by atoms with Gasteiger partial charge in [-0.05, 0) is 20.8 Å². The summed E-state index contributed by atoms with van der Waals surface area (Å²) >= 11 is 6.27. The Morgan fingerprint density at radius 1 is 1.50 bits per heavy atom. The maximum atomic E-state index is 12.4. The van der Waals surface area contributed by atoms with Crippen molar-refractivity contribution in [3.63, 3.8) is 0 Å². The number of hydrogen-bond donors (Lipinski definition) is 1. The van der Waals surface area contributed by atoms with E-state index in [1.807, 2.05) is 20.8 Å². The van der Waals surface area contributed by atoms with Gasteiger partial charge in [0.2, 0.25) is 5.88 Å². The molecule has 1 aromatic heterocycles. The maximum absolute atomic E-state index is 12.4. The lowest BCUT2D eigenvalue weighted by Crippen LogP contribution is -2.50. The van der Waals surface area contributed by atoms with Crippen molar-refractivity contribution in [1.82, 2.24) is 15.2 Å². The maximum Gasteiger partial charge on any atom is 0.410 e. The Kier molecular flexibility index (Phi) is 5.13. The van der Waals surface area contributed by atoms with Crippen LogP contribution in [-0.4, -0.2) is 48.3 Å². The van der Waals surface area contributed by atoms with Gasteiger partial charge < -0.3 is 14.8 Å². The minimum Gasteiger partial charge on any atom is -0.481 e. The average molecular weight is 328 g/mol. The quantitative estimate of drug-likeness (QED) is 0.904. The average Bonchev–Trinajstić information content (AvgIpc) is 2.46. The Hall–Kier alpha value is -1.53. The van der Waals surface area contributed by atoms with Crippen LogP contribution < -0.4 is 10.1 Å². The van der Waals surface area contributed by atoms with Crippen molar-refractivity contribution >= 4 is 17.7 Å². The predicted octanol–water partition coefficient (Wildman–Crippen LogP) is 2.63. The first-order chi connectivity index (χ1) is 10.3. The third kappa shape index (κ3) is 4.01. The number of nitrogens with zero attached hydrogens (tertiary/aromatic N) is 2. The molecule has 2 rings (SSSR count). The molecule has 0 radical (unpaired) electrons.